The molecule has 0 bridgehead atoms. The predicted octanol–water partition coefficient (Wildman–Crippen LogP) is 2.08. The Morgan fingerprint density at radius 1 is 1.30 bits per heavy atom. The van der Waals surface area contributed by atoms with Crippen LogP contribution in [0.5, 0.6) is 0 Å². The Morgan fingerprint density at radius 3 is 2.48 bits per heavy atom. The molecule has 0 saturated heterocycles. The van der Waals surface area contributed by atoms with E-state index in [1.165, 1.54) is 16.7 Å². The quantitative estimate of drug-likeness (QED) is 0.538. The summed E-state index contributed by atoms with van der Waals surface area (Å²) in [4.78, 5) is 38.2. The SMILES string of the molecule is CC(C)[C@](C)(C#N)NC(=O)COC(=O)c1ccccc1SCC(=O)N(C)C. The van der Waals surface area contributed by atoms with Crippen molar-refractivity contribution in [3.63, 3.8) is 0 Å². The Labute approximate surface area is 164 Å². The molecule has 1 atom stereocenters. The summed E-state index contributed by atoms with van der Waals surface area (Å²) in [6.45, 7) is 4.76. The summed E-state index contributed by atoms with van der Waals surface area (Å²) in [6.07, 6.45) is 0. The zero-order valence-corrected chi connectivity index (χ0v) is 17.1. The lowest BCUT2D eigenvalue weighted by Gasteiger charge is -2.27. The number of esters is 1. The van der Waals surface area contributed by atoms with Crippen LogP contribution in [0, 0.1) is 17.2 Å². The highest BCUT2D eigenvalue weighted by Crippen LogP contribution is 2.23. The van der Waals surface area contributed by atoms with Crippen LogP contribution in [-0.4, -0.2) is 54.7 Å². The van der Waals surface area contributed by atoms with Crippen molar-refractivity contribution in [1.82, 2.24) is 10.2 Å². The van der Waals surface area contributed by atoms with Crippen LogP contribution >= 0.6 is 11.8 Å². The summed E-state index contributed by atoms with van der Waals surface area (Å²) in [5.74, 6) is -1.20. The van der Waals surface area contributed by atoms with Crippen molar-refractivity contribution in [3.05, 3.63) is 29.8 Å². The topological polar surface area (TPSA) is 99.5 Å². The molecule has 2 amide bonds. The number of rotatable bonds is 8. The molecule has 0 aliphatic rings. The molecular weight excluding hydrogens is 366 g/mol. The lowest BCUT2D eigenvalue weighted by molar-refractivity contribution is -0.126. The van der Waals surface area contributed by atoms with Gasteiger partial charge in [-0.05, 0) is 25.0 Å². The fraction of sp³-hybridized carbons (Fsp3) is 0.474. The minimum atomic E-state index is -1.04. The monoisotopic (exact) mass is 391 g/mol. The van der Waals surface area contributed by atoms with E-state index in [4.69, 9.17) is 4.74 Å². The van der Waals surface area contributed by atoms with Gasteiger partial charge in [-0.25, -0.2) is 4.79 Å². The van der Waals surface area contributed by atoms with Gasteiger partial charge in [0.2, 0.25) is 5.91 Å². The maximum Gasteiger partial charge on any atom is 0.339 e. The second-order valence-corrected chi connectivity index (χ2v) is 7.68. The van der Waals surface area contributed by atoms with Crippen LogP contribution in [0.4, 0.5) is 0 Å². The van der Waals surface area contributed by atoms with E-state index in [2.05, 4.69) is 11.4 Å². The van der Waals surface area contributed by atoms with Crippen molar-refractivity contribution >= 4 is 29.5 Å². The van der Waals surface area contributed by atoms with Crippen molar-refractivity contribution in [2.24, 2.45) is 5.92 Å². The molecule has 0 aliphatic heterocycles. The molecule has 0 fully saturated rings. The summed E-state index contributed by atoms with van der Waals surface area (Å²) in [5, 5.41) is 11.8. The standard InChI is InChI=1S/C19H25N3O4S/c1-13(2)19(3,12-20)21-16(23)10-26-18(25)14-8-6-7-9-15(14)27-11-17(24)22(4)5/h6-9,13H,10-11H2,1-5H3,(H,21,23)/t19-/m0/s1. The molecule has 0 saturated carbocycles. The minimum Gasteiger partial charge on any atom is -0.452 e. The number of hydrogen-bond acceptors (Lipinski definition) is 6. The lowest BCUT2D eigenvalue weighted by Crippen LogP contribution is -2.50. The van der Waals surface area contributed by atoms with Gasteiger partial charge in [0.1, 0.15) is 5.54 Å². The van der Waals surface area contributed by atoms with E-state index >= 15 is 0 Å². The second-order valence-electron chi connectivity index (χ2n) is 6.67. The van der Waals surface area contributed by atoms with Gasteiger partial charge in [-0.2, -0.15) is 5.26 Å². The molecule has 0 spiro atoms. The molecule has 1 aromatic rings. The van der Waals surface area contributed by atoms with Gasteiger partial charge in [-0.15, -0.1) is 11.8 Å². The molecule has 0 aliphatic carbocycles. The van der Waals surface area contributed by atoms with Gasteiger partial charge in [0.15, 0.2) is 6.61 Å². The van der Waals surface area contributed by atoms with E-state index in [1.807, 2.05) is 13.8 Å². The number of thioether (sulfide) groups is 1. The largest absolute Gasteiger partial charge is 0.452 e. The minimum absolute atomic E-state index is 0.0768. The smallest absolute Gasteiger partial charge is 0.339 e. The summed E-state index contributed by atoms with van der Waals surface area (Å²) in [5.41, 5.74) is -0.752. The highest BCUT2D eigenvalue weighted by atomic mass is 32.2. The first-order valence-electron chi connectivity index (χ1n) is 8.42. The Bertz CT molecular complexity index is 743. The van der Waals surface area contributed by atoms with Gasteiger partial charge in [-0.3, -0.25) is 9.59 Å². The summed E-state index contributed by atoms with van der Waals surface area (Å²) < 4.78 is 5.09. The van der Waals surface area contributed by atoms with Crippen LogP contribution in [0.3, 0.4) is 0 Å². The highest BCUT2D eigenvalue weighted by Gasteiger charge is 2.30. The van der Waals surface area contributed by atoms with Crippen LogP contribution in [-0.2, 0) is 14.3 Å². The van der Waals surface area contributed by atoms with E-state index < -0.39 is 24.0 Å². The van der Waals surface area contributed by atoms with Gasteiger partial charge in [-0.1, -0.05) is 26.0 Å². The predicted molar refractivity (Wildman–Crippen MR) is 103 cm³/mol. The third kappa shape index (κ3) is 6.61. The van der Waals surface area contributed by atoms with Gasteiger partial charge < -0.3 is 15.0 Å². The number of nitrogens with zero attached hydrogens (tertiary/aromatic N) is 2. The number of nitrogens with one attached hydrogen (secondary N) is 1. The number of carbonyl (C=O) groups is 3. The zero-order chi connectivity index (χ0) is 20.6. The molecule has 0 radical (unpaired) electrons. The molecule has 8 heteroatoms. The number of amides is 2. The maximum absolute atomic E-state index is 12.3. The number of nitriles is 1. The van der Waals surface area contributed by atoms with Crippen LogP contribution in [0.1, 0.15) is 31.1 Å². The zero-order valence-electron chi connectivity index (χ0n) is 16.2. The first-order valence-corrected chi connectivity index (χ1v) is 9.40. The number of hydrogen-bond donors (Lipinski definition) is 1. The molecule has 0 unspecified atom stereocenters. The number of benzene rings is 1. The average Bonchev–Trinajstić information content (AvgIpc) is 2.63. The molecule has 0 heterocycles. The fourth-order valence-corrected chi connectivity index (χ4v) is 2.88. The van der Waals surface area contributed by atoms with Crippen LogP contribution < -0.4 is 5.32 Å². The lowest BCUT2D eigenvalue weighted by atomic mass is 9.90. The van der Waals surface area contributed by atoms with E-state index in [-0.39, 0.29) is 23.1 Å². The summed E-state index contributed by atoms with van der Waals surface area (Å²) in [6, 6.07) is 8.80. The molecule has 7 nitrogen and oxygen atoms in total. The Kier molecular flexibility index (Phi) is 8.32. The van der Waals surface area contributed by atoms with Gasteiger partial charge in [0.05, 0.1) is 17.4 Å². The normalized spacial score (nSPS) is 12.6. The third-order valence-corrected chi connectivity index (χ3v) is 5.14. The number of carbonyl (C=O) groups excluding carboxylic acids is 3. The number of ether oxygens (including phenoxy) is 1. The van der Waals surface area contributed by atoms with Crippen molar-refractivity contribution < 1.29 is 19.1 Å². The van der Waals surface area contributed by atoms with Crippen molar-refractivity contribution in [2.45, 2.75) is 31.2 Å². The van der Waals surface area contributed by atoms with Crippen molar-refractivity contribution in [3.8, 4) is 6.07 Å². The van der Waals surface area contributed by atoms with Gasteiger partial charge in [0.25, 0.3) is 5.91 Å². The summed E-state index contributed by atoms with van der Waals surface area (Å²) >= 11 is 1.23. The van der Waals surface area contributed by atoms with Crippen molar-refractivity contribution in [2.75, 3.05) is 26.5 Å². The third-order valence-electron chi connectivity index (χ3n) is 4.08. The Hall–Kier alpha value is -2.53. The molecule has 1 N–H and O–H groups in total. The first kappa shape index (κ1) is 22.5. The van der Waals surface area contributed by atoms with Crippen LogP contribution in [0.15, 0.2) is 29.2 Å². The van der Waals surface area contributed by atoms with Crippen molar-refractivity contribution in [1.29, 1.82) is 5.26 Å². The van der Waals surface area contributed by atoms with E-state index in [9.17, 15) is 19.6 Å². The van der Waals surface area contributed by atoms with Crippen LogP contribution in [0.2, 0.25) is 0 Å². The fourth-order valence-electron chi connectivity index (χ4n) is 1.87. The Balaban J connectivity index is 2.72. The van der Waals surface area contributed by atoms with E-state index in [0.717, 1.165) is 0 Å². The molecular formula is C19H25N3O4S. The molecule has 27 heavy (non-hydrogen) atoms. The second kappa shape index (κ2) is 9.97. The molecule has 146 valence electrons. The van der Waals surface area contributed by atoms with Gasteiger partial charge in [0, 0.05) is 19.0 Å². The Morgan fingerprint density at radius 2 is 1.93 bits per heavy atom. The van der Waals surface area contributed by atoms with Crippen LogP contribution in [0.25, 0.3) is 0 Å². The molecule has 1 aromatic carbocycles. The summed E-state index contributed by atoms with van der Waals surface area (Å²) in [7, 11) is 3.32. The average molecular weight is 391 g/mol. The van der Waals surface area contributed by atoms with Gasteiger partial charge >= 0.3 is 5.97 Å². The molecule has 0 aromatic heterocycles. The highest BCUT2D eigenvalue weighted by molar-refractivity contribution is 8.00. The molecule has 1 rings (SSSR count). The van der Waals surface area contributed by atoms with E-state index in [0.29, 0.717) is 4.90 Å². The first-order chi connectivity index (χ1) is 12.6. The maximum atomic E-state index is 12.3. The van der Waals surface area contributed by atoms with E-state index in [1.54, 1.807) is 45.3 Å².